The van der Waals surface area contributed by atoms with Crippen LogP contribution in [0.1, 0.15) is 62.6 Å². The third kappa shape index (κ3) is 7.13. The minimum Gasteiger partial charge on any atom is -0.496 e. The molecule has 0 fully saturated rings. The van der Waals surface area contributed by atoms with E-state index in [0.717, 1.165) is 47.6 Å². The van der Waals surface area contributed by atoms with Gasteiger partial charge in [-0.05, 0) is 49.8 Å². The summed E-state index contributed by atoms with van der Waals surface area (Å²) >= 11 is 0. The molecule has 0 aliphatic carbocycles. The summed E-state index contributed by atoms with van der Waals surface area (Å²) in [4.78, 5) is 14.9. The highest BCUT2D eigenvalue weighted by Gasteiger charge is 2.19. The van der Waals surface area contributed by atoms with Crippen LogP contribution in [-0.4, -0.2) is 44.2 Å². The molecule has 33 heavy (non-hydrogen) atoms. The van der Waals surface area contributed by atoms with E-state index in [4.69, 9.17) is 14.2 Å². The van der Waals surface area contributed by atoms with Crippen molar-refractivity contribution in [1.82, 2.24) is 10.2 Å². The molecule has 1 aliphatic heterocycles. The maximum Gasteiger partial charge on any atom is 0.234 e. The number of carbonyl (C=O) groups excluding carboxylic acids is 1. The van der Waals surface area contributed by atoms with E-state index in [1.807, 2.05) is 25.1 Å². The molecule has 0 aromatic heterocycles. The minimum atomic E-state index is 0.0386. The second-order valence-electron chi connectivity index (χ2n) is 8.81. The number of ether oxygens (including phenoxy) is 3. The molecule has 0 spiro atoms. The smallest absolute Gasteiger partial charge is 0.234 e. The lowest BCUT2D eigenvalue weighted by Gasteiger charge is -2.25. The number of para-hydroxylation sites is 1. The molecule has 1 aliphatic rings. The number of hydrogen-bond acceptors (Lipinski definition) is 5. The SMILES string of the molecule is CCOc1cccc2c1OCCCCCNC(=O)CN(Cc1cc(C(C)C)ccc1OC)C2. The van der Waals surface area contributed by atoms with Crippen LogP contribution in [0, 0.1) is 0 Å². The first kappa shape index (κ1) is 24.9. The Morgan fingerprint density at radius 3 is 2.70 bits per heavy atom. The van der Waals surface area contributed by atoms with Gasteiger partial charge in [-0.1, -0.05) is 38.1 Å². The summed E-state index contributed by atoms with van der Waals surface area (Å²) in [6, 6.07) is 12.3. The molecule has 1 amide bonds. The van der Waals surface area contributed by atoms with E-state index in [1.54, 1.807) is 7.11 Å². The van der Waals surface area contributed by atoms with Crippen molar-refractivity contribution < 1.29 is 19.0 Å². The number of nitrogens with zero attached hydrogens (tertiary/aromatic N) is 1. The quantitative estimate of drug-likeness (QED) is 0.673. The third-order valence-corrected chi connectivity index (χ3v) is 5.88. The van der Waals surface area contributed by atoms with Gasteiger partial charge in [-0.15, -0.1) is 0 Å². The van der Waals surface area contributed by atoms with E-state index in [-0.39, 0.29) is 5.91 Å². The molecule has 0 saturated carbocycles. The first-order valence-corrected chi connectivity index (χ1v) is 12.0. The highest BCUT2D eigenvalue weighted by molar-refractivity contribution is 5.78. The summed E-state index contributed by atoms with van der Waals surface area (Å²) in [7, 11) is 1.69. The Morgan fingerprint density at radius 2 is 1.94 bits per heavy atom. The lowest BCUT2D eigenvalue weighted by molar-refractivity contribution is -0.122. The van der Waals surface area contributed by atoms with Crippen molar-refractivity contribution >= 4 is 5.91 Å². The van der Waals surface area contributed by atoms with Crippen molar-refractivity contribution in [2.75, 3.05) is 33.4 Å². The molecule has 0 unspecified atom stereocenters. The summed E-state index contributed by atoms with van der Waals surface area (Å²) < 4.78 is 17.7. The summed E-state index contributed by atoms with van der Waals surface area (Å²) in [5.74, 6) is 2.83. The fourth-order valence-electron chi connectivity index (χ4n) is 4.11. The van der Waals surface area contributed by atoms with Crippen LogP contribution in [0.3, 0.4) is 0 Å². The molecule has 0 radical (unpaired) electrons. The standard InChI is InChI=1S/C27H38N2O4/c1-5-32-25-11-9-10-22-17-29(18-23-16-21(20(2)3)12-13-24(23)31-4)19-26(30)28-14-7-6-8-15-33-27(22)25/h9-13,16,20H,5-8,14-15,17-19H2,1-4H3,(H,28,30). The Hall–Kier alpha value is -2.73. The number of amides is 1. The van der Waals surface area contributed by atoms with Crippen LogP contribution in [0.4, 0.5) is 0 Å². The molecule has 3 rings (SSSR count). The van der Waals surface area contributed by atoms with Crippen LogP contribution in [0.15, 0.2) is 36.4 Å². The highest BCUT2D eigenvalue weighted by atomic mass is 16.5. The van der Waals surface area contributed by atoms with Gasteiger partial charge in [0.2, 0.25) is 5.91 Å². The maximum atomic E-state index is 12.8. The number of hydrogen-bond donors (Lipinski definition) is 1. The number of nitrogens with one attached hydrogen (secondary N) is 1. The monoisotopic (exact) mass is 454 g/mol. The molecule has 6 nitrogen and oxygen atoms in total. The largest absolute Gasteiger partial charge is 0.496 e. The van der Waals surface area contributed by atoms with Gasteiger partial charge in [-0.2, -0.15) is 0 Å². The van der Waals surface area contributed by atoms with E-state index < -0.39 is 0 Å². The molecule has 180 valence electrons. The fourth-order valence-corrected chi connectivity index (χ4v) is 4.11. The second-order valence-corrected chi connectivity index (χ2v) is 8.81. The molecule has 2 aromatic carbocycles. The van der Waals surface area contributed by atoms with Crippen LogP contribution in [-0.2, 0) is 17.9 Å². The van der Waals surface area contributed by atoms with E-state index in [2.05, 4.69) is 42.3 Å². The molecule has 1 N–H and O–H groups in total. The Morgan fingerprint density at radius 1 is 1.09 bits per heavy atom. The van der Waals surface area contributed by atoms with Crippen molar-refractivity contribution in [1.29, 1.82) is 0 Å². The number of carbonyl (C=O) groups is 1. The average molecular weight is 455 g/mol. The Kier molecular flexibility index (Phi) is 9.43. The van der Waals surface area contributed by atoms with Gasteiger partial charge in [0.15, 0.2) is 11.5 Å². The second kappa shape index (κ2) is 12.5. The van der Waals surface area contributed by atoms with Gasteiger partial charge in [0.25, 0.3) is 0 Å². The minimum absolute atomic E-state index is 0.0386. The van der Waals surface area contributed by atoms with Crippen molar-refractivity contribution in [3.8, 4) is 17.2 Å². The number of methoxy groups -OCH3 is 1. The fraction of sp³-hybridized carbons (Fsp3) is 0.519. The Balaban J connectivity index is 1.95. The summed E-state index contributed by atoms with van der Waals surface area (Å²) in [6.45, 7) is 9.70. The maximum absolute atomic E-state index is 12.8. The average Bonchev–Trinajstić information content (AvgIpc) is 2.80. The molecule has 1 heterocycles. The molecule has 0 saturated heterocycles. The Labute approximate surface area is 198 Å². The lowest BCUT2D eigenvalue weighted by atomic mass is 10.00. The van der Waals surface area contributed by atoms with Gasteiger partial charge in [0.05, 0.1) is 26.9 Å². The molecular weight excluding hydrogens is 416 g/mol. The first-order chi connectivity index (χ1) is 16.0. The zero-order valence-corrected chi connectivity index (χ0v) is 20.5. The highest BCUT2D eigenvalue weighted by Crippen LogP contribution is 2.33. The first-order valence-electron chi connectivity index (χ1n) is 12.0. The summed E-state index contributed by atoms with van der Waals surface area (Å²) in [5.41, 5.74) is 3.35. The van der Waals surface area contributed by atoms with Crippen LogP contribution in [0.5, 0.6) is 17.2 Å². The number of benzene rings is 2. The Bertz CT molecular complexity index is 913. The van der Waals surface area contributed by atoms with E-state index in [9.17, 15) is 4.79 Å². The molecule has 0 atom stereocenters. The molecule has 0 bridgehead atoms. The zero-order valence-electron chi connectivity index (χ0n) is 20.5. The van der Waals surface area contributed by atoms with Crippen molar-refractivity contribution in [3.05, 3.63) is 53.1 Å². The van der Waals surface area contributed by atoms with Gasteiger partial charge in [-0.25, -0.2) is 0 Å². The van der Waals surface area contributed by atoms with Crippen LogP contribution in [0.2, 0.25) is 0 Å². The molecule has 2 aromatic rings. The van der Waals surface area contributed by atoms with E-state index in [0.29, 0.717) is 45.3 Å². The topological polar surface area (TPSA) is 60.0 Å². The van der Waals surface area contributed by atoms with Crippen molar-refractivity contribution in [3.63, 3.8) is 0 Å². The predicted molar refractivity (Wildman–Crippen MR) is 131 cm³/mol. The van der Waals surface area contributed by atoms with Gasteiger partial charge in [0, 0.05) is 30.8 Å². The third-order valence-electron chi connectivity index (χ3n) is 5.88. The normalized spacial score (nSPS) is 16.0. The number of rotatable bonds is 6. The molecular formula is C27H38N2O4. The van der Waals surface area contributed by atoms with Gasteiger partial charge in [0.1, 0.15) is 5.75 Å². The van der Waals surface area contributed by atoms with Crippen LogP contribution < -0.4 is 19.5 Å². The van der Waals surface area contributed by atoms with E-state index in [1.165, 1.54) is 5.56 Å². The van der Waals surface area contributed by atoms with Crippen molar-refractivity contribution in [2.45, 2.75) is 59.0 Å². The lowest BCUT2D eigenvalue weighted by Crippen LogP contribution is -2.37. The van der Waals surface area contributed by atoms with Gasteiger partial charge in [-0.3, -0.25) is 9.69 Å². The zero-order chi connectivity index (χ0) is 23.6. The summed E-state index contributed by atoms with van der Waals surface area (Å²) in [6.07, 6.45) is 2.90. The summed E-state index contributed by atoms with van der Waals surface area (Å²) in [5, 5.41) is 3.07. The van der Waals surface area contributed by atoms with Gasteiger partial charge < -0.3 is 19.5 Å². The van der Waals surface area contributed by atoms with Crippen LogP contribution in [0.25, 0.3) is 0 Å². The van der Waals surface area contributed by atoms with Crippen molar-refractivity contribution in [2.24, 2.45) is 0 Å². The number of fused-ring (bicyclic) bond motifs is 1. The predicted octanol–water partition coefficient (Wildman–Crippen LogP) is 4.90. The van der Waals surface area contributed by atoms with E-state index >= 15 is 0 Å². The molecule has 6 heteroatoms. The van der Waals surface area contributed by atoms with Gasteiger partial charge >= 0.3 is 0 Å². The van der Waals surface area contributed by atoms with Crippen LogP contribution >= 0.6 is 0 Å².